The van der Waals surface area contributed by atoms with Gasteiger partial charge in [-0.3, -0.25) is 4.84 Å². The van der Waals surface area contributed by atoms with E-state index in [4.69, 9.17) is 9.57 Å². The van der Waals surface area contributed by atoms with Crippen molar-refractivity contribution in [1.82, 2.24) is 10.2 Å². The molecule has 1 aromatic rings. The Kier molecular flexibility index (Phi) is 5.90. The average Bonchev–Trinajstić information content (AvgIpc) is 2.81. The molecule has 140 valence electrons. The van der Waals surface area contributed by atoms with Crippen molar-refractivity contribution >= 4 is 22.7 Å². The topological polar surface area (TPSA) is 76.7 Å². The molecule has 0 saturated carbocycles. The van der Waals surface area contributed by atoms with Crippen LogP contribution < -0.4 is 14.9 Å². The van der Waals surface area contributed by atoms with Crippen molar-refractivity contribution < 1.29 is 18.0 Å². The molecule has 0 spiro atoms. The van der Waals surface area contributed by atoms with E-state index in [9.17, 15) is 8.42 Å². The molecule has 1 aliphatic heterocycles. The molecule has 0 fully saturated rings. The third-order valence-electron chi connectivity index (χ3n) is 4.22. The lowest BCUT2D eigenvalue weighted by Crippen LogP contribution is -2.41. The second-order valence-corrected chi connectivity index (χ2v) is 8.96. The van der Waals surface area contributed by atoms with Crippen molar-refractivity contribution in [3.63, 3.8) is 0 Å². The standard InChI is InChI=1S/C17H26N2O4S2/c1-7-8-22-18-16(24)19-25(20,21)15-11(3)10(2)14-13(12(15)4)9-17(5,6)23-14/h7,16,18-19,24H,1,8-9H2,2-6H3. The molecule has 6 nitrogen and oxygen atoms in total. The number of hydrogen-bond acceptors (Lipinski definition) is 6. The molecule has 1 aliphatic rings. The van der Waals surface area contributed by atoms with Crippen LogP contribution in [0.4, 0.5) is 0 Å². The first-order valence-corrected chi connectivity index (χ1v) is 10.0. The van der Waals surface area contributed by atoms with E-state index in [-0.39, 0.29) is 17.1 Å². The van der Waals surface area contributed by atoms with Crippen molar-refractivity contribution in [1.29, 1.82) is 0 Å². The highest BCUT2D eigenvalue weighted by Gasteiger charge is 2.36. The first-order valence-electron chi connectivity index (χ1n) is 8.00. The normalized spacial score (nSPS) is 17.0. The number of ether oxygens (including phenoxy) is 1. The van der Waals surface area contributed by atoms with Gasteiger partial charge >= 0.3 is 0 Å². The fourth-order valence-corrected chi connectivity index (χ4v) is 5.10. The summed E-state index contributed by atoms with van der Waals surface area (Å²) in [5.41, 5.74) is 4.46. The van der Waals surface area contributed by atoms with Gasteiger partial charge in [0.25, 0.3) is 0 Å². The summed E-state index contributed by atoms with van der Waals surface area (Å²) in [6.45, 7) is 13.2. The molecule has 0 saturated heterocycles. The molecule has 1 unspecified atom stereocenters. The molecule has 2 rings (SSSR count). The summed E-state index contributed by atoms with van der Waals surface area (Å²) in [6, 6.07) is 0. The Hall–Kier alpha value is -1.06. The molecule has 2 N–H and O–H groups in total. The third kappa shape index (κ3) is 4.20. The number of rotatable bonds is 7. The summed E-state index contributed by atoms with van der Waals surface area (Å²) in [4.78, 5) is 5.29. The van der Waals surface area contributed by atoms with Gasteiger partial charge in [0, 0.05) is 12.0 Å². The monoisotopic (exact) mass is 386 g/mol. The molecular formula is C17H26N2O4S2. The van der Waals surface area contributed by atoms with Gasteiger partial charge in [-0.1, -0.05) is 6.08 Å². The molecule has 25 heavy (non-hydrogen) atoms. The molecule has 8 heteroatoms. The molecule has 0 aromatic heterocycles. The maximum atomic E-state index is 12.9. The summed E-state index contributed by atoms with van der Waals surface area (Å²) >= 11 is 4.16. The summed E-state index contributed by atoms with van der Waals surface area (Å²) in [6.07, 6.45) is 2.21. The van der Waals surface area contributed by atoms with Crippen molar-refractivity contribution in [2.75, 3.05) is 6.61 Å². The summed E-state index contributed by atoms with van der Waals surface area (Å²) < 4.78 is 34.3. The Balaban J connectivity index is 2.40. The number of fused-ring (bicyclic) bond motifs is 1. The zero-order chi connectivity index (χ0) is 19.0. The smallest absolute Gasteiger partial charge is 0.243 e. The van der Waals surface area contributed by atoms with Crippen LogP contribution in [0.25, 0.3) is 0 Å². The van der Waals surface area contributed by atoms with Crippen LogP contribution >= 0.6 is 12.6 Å². The van der Waals surface area contributed by atoms with Gasteiger partial charge in [0.2, 0.25) is 10.0 Å². The molecule has 1 aromatic carbocycles. The maximum absolute atomic E-state index is 12.9. The lowest BCUT2D eigenvalue weighted by atomic mass is 9.94. The van der Waals surface area contributed by atoms with E-state index in [1.165, 1.54) is 0 Å². The van der Waals surface area contributed by atoms with Gasteiger partial charge in [-0.25, -0.2) is 8.42 Å². The van der Waals surface area contributed by atoms with Crippen LogP contribution in [0.2, 0.25) is 0 Å². The zero-order valence-corrected chi connectivity index (χ0v) is 17.0. The highest BCUT2D eigenvalue weighted by molar-refractivity contribution is 7.90. The van der Waals surface area contributed by atoms with Crippen LogP contribution in [0.3, 0.4) is 0 Å². The van der Waals surface area contributed by atoms with E-state index in [1.54, 1.807) is 13.0 Å². The van der Waals surface area contributed by atoms with E-state index in [0.29, 0.717) is 17.5 Å². The van der Waals surface area contributed by atoms with Gasteiger partial charge in [-0.2, -0.15) is 10.2 Å². The lowest BCUT2D eigenvalue weighted by Gasteiger charge is -2.20. The molecule has 1 heterocycles. The van der Waals surface area contributed by atoms with Gasteiger partial charge < -0.3 is 4.74 Å². The zero-order valence-electron chi connectivity index (χ0n) is 15.3. The fraction of sp³-hybridized carbons (Fsp3) is 0.529. The third-order valence-corrected chi connectivity index (χ3v) is 6.33. The summed E-state index contributed by atoms with van der Waals surface area (Å²) in [5, 5.41) is 0. The lowest BCUT2D eigenvalue weighted by molar-refractivity contribution is 0.0539. The number of hydrogen-bond donors (Lipinski definition) is 3. The quantitative estimate of drug-likeness (QED) is 0.221. The van der Waals surface area contributed by atoms with E-state index in [2.05, 4.69) is 29.4 Å². The number of sulfonamides is 1. The summed E-state index contributed by atoms with van der Waals surface area (Å²) in [7, 11) is -3.79. The van der Waals surface area contributed by atoms with Crippen molar-refractivity contribution in [3.05, 3.63) is 34.9 Å². The number of thiol groups is 1. The Labute approximate surface area is 155 Å². The van der Waals surface area contributed by atoms with Crippen LogP contribution in [-0.4, -0.2) is 26.1 Å². The average molecular weight is 387 g/mol. The van der Waals surface area contributed by atoms with Crippen LogP contribution in [0.5, 0.6) is 5.75 Å². The predicted octanol–water partition coefficient (Wildman–Crippen LogP) is 2.52. The largest absolute Gasteiger partial charge is 0.487 e. The van der Waals surface area contributed by atoms with Crippen LogP contribution in [0, 0.1) is 20.8 Å². The van der Waals surface area contributed by atoms with Crippen LogP contribution in [0.15, 0.2) is 17.6 Å². The van der Waals surface area contributed by atoms with Gasteiger partial charge in [0.05, 0.1) is 11.5 Å². The molecule has 0 radical (unpaired) electrons. The highest BCUT2D eigenvalue weighted by Crippen LogP contribution is 2.43. The Morgan fingerprint density at radius 2 is 1.96 bits per heavy atom. The SMILES string of the molecule is C=CCONC(S)NS(=O)(=O)c1c(C)c(C)c2c(c1C)CC(C)(C)O2. The Morgan fingerprint density at radius 1 is 1.32 bits per heavy atom. The molecule has 0 aliphatic carbocycles. The molecule has 0 amide bonds. The fourth-order valence-electron chi connectivity index (χ4n) is 3.06. The maximum Gasteiger partial charge on any atom is 0.243 e. The predicted molar refractivity (Wildman–Crippen MR) is 101 cm³/mol. The Bertz CT molecular complexity index is 789. The number of benzene rings is 1. The van der Waals surface area contributed by atoms with Gasteiger partial charge in [0.15, 0.2) is 0 Å². The Morgan fingerprint density at radius 3 is 2.56 bits per heavy atom. The van der Waals surface area contributed by atoms with Crippen molar-refractivity contribution in [3.8, 4) is 5.75 Å². The highest BCUT2D eigenvalue weighted by atomic mass is 32.2. The number of nitrogens with one attached hydrogen (secondary N) is 2. The van der Waals surface area contributed by atoms with Crippen molar-refractivity contribution in [2.45, 2.75) is 57.0 Å². The minimum absolute atomic E-state index is 0.237. The van der Waals surface area contributed by atoms with E-state index in [1.807, 2.05) is 27.7 Å². The minimum Gasteiger partial charge on any atom is -0.487 e. The second-order valence-electron chi connectivity index (χ2n) is 6.79. The van der Waals surface area contributed by atoms with Gasteiger partial charge in [-0.05, 0) is 51.3 Å². The molecule has 1 atom stereocenters. The molecular weight excluding hydrogens is 360 g/mol. The number of hydroxylamine groups is 1. The van der Waals surface area contributed by atoms with Crippen molar-refractivity contribution in [2.24, 2.45) is 0 Å². The van der Waals surface area contributed by atoms with E-state index >= 15 is 0 Å². The molecule has 0 bridgehead atoms. The van der Waals surface area contributed by atoms with E-state index < -0.39 is 15.5 Å². The first kappa shape index (κ1) is 20.3. The van der Waals surface area contributed by atoms with E-state index in [0.717, 1.165) is 16.9 Å². The van der Waals surface area contributed by atoms with Gasteiger partial charge in [-0.15, -0.1) is 19.2 Å². The van der Waals surface area contributed by atoms with Crippen LogP contribution in [0.1, 0.15) is 36.1 Å². The minimum atomic E-state index is -3.79. The van der Waals surface area contributed by atoms with Gasteiger partial charge in [0.1, 0.15) is 16.8 Å². The van der Waals surface area contributed by atoms with Crippen LogP contribution in [-0.2, 0) is 21.3 Å². The second kappa shape index (κ2) is 7.28. The first-order chi connectivity index (χ1) is 11.5. The summed E-state index contributed by atoms with van der Waals surface area (Å²) in [5.74, 6) is 0.800.